The number of nitrogens with one attached hydrogen (secondary N) is 2. The molecule has 0 radical (unpaired) electrons. The highest BCUT2D eigenvalue weighted by Gasteiger charge is 2.64. The van der Waals surface area contributed by atoms with E-state index >= 15 is 0 Å². The lowest BCUT2D eigenvalue weighted by Gasteiger charge is -2.44. The molecule has 2 heterocycles. The van der Waals surface area contributed by atoms with E-state index in [1.165, 1.54) is 16.7 Å². The number of alkyl carbamates (subject to hydrolysis) is 1. The first kappa shape index (κ1) is 27.3. The van der Waals surface area contributed by atoms with Gasteiger partial charge in [0.2, 0.25) is 11.8 Å². The van der Waals surface area contributed by atoms with E-state index in [-0.39, 0.29) is 13.0 Å². The third-order valence-electron chi connectivity index (χ3n) is 5.70. The van der Waals surface area contributed by atoms with Crippen molar-refractivity contribution in [1.82, 2.24) is 15.5 Å². The van der Waals surface area contributed by atoms with E-state index in [4.69, 9.17) is 14.7 Å². The van der Waals surface area contributed by atoms with Gasteiger partial charge in [-0.15, -0.1) is 11.8 Å². The van der Waals surface area contributed by atoms with Crippen LogP contribution in [-0.4, -0.2) is 63.2 Å². The van der Waals surface area contributed by atoms with Gasteiger partial charge in [-0.2, -0.15) is 5.26 Å². The van der Waals surface area contributed by atoms with E-state index in [2.05, 4.69) is 10.6 Å². The lowest BCUT2D eigenvalue weighted by atomic mass is 9.95. The van der Waals surface area contributed by atoms with Crippen molar-refractivity contribution in [3.8, 4) is 6.07 Å². The highest BCUT2D eigenvalue weighted by Crippen LogP contribution is 2.51. The summed E-state index contributed by atoms with van der Waals surface area (Å²) in [7, 11) is 0. The van der Waals surface area contributed by atoms with Crippen LogP contribution < -0.4 is 10.6 Å². The van der Waals surface area contributed by atoms with Gasteiger partial charge in [-0.3, -0.25) is 9.59 Å². The SMILES string of the molecule is CC(C)(C)OC(=O)N[C@@H](C(=O)N[C@@H]1C(=O)N2[C@@H]1SC(C)(C)[C@@H]2C(=O)OCCCC#N)c1ccccc1. The molecule has 2 saturated heterocycles. The van der Waals surface area contributed by atoms with Crippen molar-refractivity contribution in [2.45, 2.75) is 81.3 Å². The van der Waals surface area contributed by atoms with Crippen molar-refractivity contribution >= 4 is 35.6 Å². The number of thioether (sulfide) groups is 1. The molecule has 2 N–H and O–H groups in total. The maximum absolute atomic E-state index is 13.3. The second-order valence-corrected chi connectivity index (χ2v) is 11.9. The highest BCUT2D eigenvalue weighted by atomic mass is 32.2. The number of hydrogen-bond donors (Lipinski definition) is 2. The Morgan fingerprint density at radius 3 is 2.50 bits per heavy atom. The minimum absolute atomic E-state index is 0.103. The molecule has 2 fully saturated rings. The normalized spacial score (nSPS) is 22.9. The van der Waals surface area contributed by atoms with Crippen molar-refractivity contribution in [2.75, 3.05) is 6.61 Å². The number of unbranched alkanes of at least 4 members (excludes halogenated alkanes) is 1. The number of rotatable bonds is 8. The summed E-state index contributed by atoms with van der Waals surface area (Å²) >= 11 is 1.41. The standard InChI is InChI=1S/C25H32N4O6S/c1-24(2,3)35-23(33)28-16(15-11-7-6-8-12-15)19(30)27-17-20(31)29-18(25(4,5)36-21(17)29)22(32)34-14-10-9-13-26/h6-8,11-12,16-18,21H,9-10,14H2,1-5H3,(H,27,30)(H,28,33)/t16-,17-,18+,21-/m1/s1. The fraction of sp³-hybridized carbons (Fsp3) is 0.560. The number of carbonyl (C=O) groups is 4. The van der Waals surface area contributed by atoms with Crippen LogP contribution in [0.25, 0.3) is 0 Å². The predicted octanol–water partition coefficient (Wildman–Crippen LogP) is 2.65. The number of esters is 1. The summed E-state index contributed by atoms with van der Waals surface area (Å²) in [6.45, 7) is 8.95. The van der Waals surface area contributed by atoms with Gasteiger partial charge in [0.1, 0.15) is 29.1 Å². The minimum Gasteiger partial charge on any atom is -0.464 e. The molecule has 2 aliphatic heterocycles. The number of amides is 3. The number of fused-ring (bicyclic) bond motifs is 1. The minimum atomic E-state index is -1.08. The summed E-state index contributed by atoms with van der Waals surface area (Å²) in [5.74, 6) is -1.49. The van der Waals surface area contributed by atoms with Crippen LogP contribution in [-0.2, 0) is 23.9 Å². The van der Waals surface area contributed by atoms with Crippen molar-refractivity contribution in [1.29, 1.82) is 5.26 Å². The first-order valence-electron chi connectivity index (χ1n) is 11.7. The summed E-state index contributed by atoms with van der Waals surface area (Å²) in [5, 5.41) is 13.5. The Kier molecular flexibility index (Phi) is 8.19. The molecule has 1 aromatic rings. The van der Waals surface area contributed by atoms with Gasteiger partial charge in [0.05, 0.1) is 12.7 Å². The zero-order valence-electron chi connectivity index (χ0n) is 21.1. The zero-order valence-corrected chi connectivity index (χ0v) is 21.9. The molecule has 0 bridgehead atoms. The Morgan fingerprint density at radius 2 is 1.89 bits per heavy atom. The van der Waals surface area contributed by atoms with Crippen LogP contribution in [0.15, 0.2) is 30.3 Å². The molecule has 3 amide bonds. The fourth-order valence-corrected chi connectivity index (χ4v) is 5.76. The van der Waals surface area contributed by atoms with Crippen LogP contribution in [0.4, 0.5) is 4.79 Å². The third kappa shape index (κ3) is 6.10. The molecule has 0 aromatic heterocycles. The van der Waals surface area contributed by atoms with Gasteiger partial charge in [0.25, 0.3) is 0 Å². The Bertz CT molecular complexity index is 1050. The van der Waals surface area contributed by atoms with Crippen LogP contribution in [0.2, 0.25) is 0 Å². The van der Waals surface area contributed by atoms with Gasteiger partial charge in [0, 0.05) is 11.2 Å². The third-order valence-corrected chi connectivity index (χ3v) is 7.27. The van der Waals surface area contributed by atoms with E-state index in [1.54, 1.807) is 51.1 Å². The fourth-order valence-electron chi connectivity index (χ4n) is 4.14. The molecule has 0 saturated carbocycles. The number of nitrogens with zero attached hydrogens (tertiary/aromatic N) is 2. The Balaban J connectivity index is 1.71. The zero-order chi connectivity index (χ0) is 26.7. The maximum atomic E-state index is 13.3. The first-order chi connectivity index (χ1) is 16.9. The quantitative estimate of drug-likeness (QED) is 0.306. The molecular weight excluding hydrogens is 484 g/mol. The molecule has 10 nitrogen and oxygen atoms in total. The number of hydrogen-bond acceptors (Lipinski definition) is 8. The number of benzene rings is 1. The molecule has 0 unspecified atom stereocenters. The molecule has 194 valence electrons. The molecule has 4 atom stereocenters. The molecule has 1 aromatic carbocycles. The lowest BCUT2D eigenvalue weighted by Crippen LogP contribution is -2.71. The molecule has 3 rings (SSSR count). The van der Waals surface area contributed by atoms with Crippen LogP contribution in [0.5, 0.6) is 0 Å². The molecule has 0 spiro atoms. The van der Waals surface area contributed by atoms with Gasteiger partial charge in [-0.05, 0) is 46.6 Å². The summed E-state index contributed by atoms with van der Waals surface area (Å²) < 4.78 is 9.99. The Hall–Kier alpha value is -3.26. The van der Waals surface area contributed by atoms with Gasteiger partial charge in [-0.1, -0.05) is 30.3 Å². The van der Waals surface area contributed by atoms with Gasteiger partial charge in [0.15, 0.2) is 0 Å². The topological polar surface area (TPSA) is 138 Å². The van der Waals surface area contributed by atoms with Crippen molar-refractivity contribution in [2.24, 2.45) is 0 Å². The largest absolute Gasteiger partial charge is 0.464 e. The number of β-lactam (4-membered cyclic amide) rings is 1. The van der Waals surface area contributed by atoms with Crippen LogP contribution in [0.1, 0.15) is 59.1 Å². The lowest BCUT2D eigenvalue weighted by molar-refractivity contribution is -0.164. The van der Waals surface area contributed by atoms with Crippen LogP contribution >= 0.6 is 11.8 Å². The molecule has 11 heteroatoms. The molecule has 2 aliphatic rings. The molecular formula is C25H32N4O6S. The average molecular weight is 517 g/mol. The van der Waals surface area contributed by atoms with Crippen molar-refractivity contribution < 1.29 is 28.7 Å². The summed E-state index contributed by atoms with van der Waals surface area (Å²) in [4.78, 5) is 53.0. The highest BCUT2D eigenvalue weighted by molar-refractivity contribution is 8.01. The van der Waals surface area contributed by atoms with E-state index < -0.39 is 57.7 Å². The number of carbonyl (C=O) groups excluding carboxylic acids is 4. The second kappa shape index (κ2) is 10.8. The van der Waals surface area contributed by atoms with E-state index in [0.717, 1.165) is 0 Å². The van der Waals surface area contributed by atoms with Gasteiger partial charge in [-0.25, -0.2) is 9.59 Å². The Labute approximate surface area is 215 Å². The monoisotopic (exact) mass is 516 g/mol. The molecule has 36 heavy (non-hydrogen) atoms. The van der Waals surface area contributed by atoms with Gasteiger partial charge >= 0.3 is 12.1 Å². The van der Waals surface area contributed by atoms with Gasteiger partial charge < -0.3 is 25.0 Å². The predicted molar refractivity (Wildman–Crippen MR) is 132 cm³/mol. The molecule has 0 aliphatic carbocycles. The number of nitriles is 1. The smallest absolute Gasteiger partial charge is 0.408 e. The maximum Gasteiger partial charge on any atom is 0.408 e. The summed E-state index contributed by atoms with van der Waals surface area (Å²) in [5.41, 5.74) is -0.223. The number of ether oxygens (including phenoxy) is 2. The van der Waals surface area contributed by atoms with E-state index in [9.17, 15) is 19.2 Å². The second-order valence-electron chi connectivity index (χ2n) is 10.2. The first-order valence-corrected chi connectivity index (χ1v) is 12.6. The van der Waals surface area contributed by atoms with E-state index in [1.807, 2.05) is 19.9 Å². The van der Waals surface area contributed by atoms with Crippen LogP contribution in [0.3, 0.4) is 0 Å². The average Bonchev–Trinajstić information content (AvgIpc) is 3.05. The van der Waals surface area contributed by atoms with Crippen molar-refractivity contribution in [3.05, 3.63) is 35.9 Å². The van der Waals surface area contributed by atoms with Crippen LogP contribution in [0, 0.1) is 11.3 Å². The van der Waals surface area contributed by atoms with E-state index in [0.29, 0.717) is 12.0 Å². The summed E-state index contributed by atoms with van der Waals surface area (Å²) in [6, 6.07) is 7.91. The van der Waals surface area contributed by atoms with Crippen molar-refractivity contribution in [3.63, 3.8) is 0 Å². The summed E-state index contributed by atoms with van der Waals surface area (Å²) in [6.07, 6.45) is -0.0666. The Morgan fingerprint density at radius 1 is 1.22 bits per heavy atom.